The molecule has 1 atom stereocenters. The van der Waals surface area contributed by atoms with E-state index in [4.69, 9.17) is 0 Å². The first-order valence-corrected chi connectivity index (χ1v) is 6.64. The molecule has 98 valence electrons. The number of amides is 3. The highest BCUT2D eigenvalue weighted by atomic mass is 79.9. The van der Waals surface area contributed by atoms with Crippen LogP contribution in [0.15, 0.2) is 16.7 Å². The van der Waals surface area contributed by atoms with Crippen LogP contribution in [-0.2, 0) is 16.1 Å². The lowest BCUT2D eigenvalue weighted by Gasteiger charge is -2.29. The van der Waals surface area contributed by atoms with Crippen LogP contribution in [0.3, 0.4) is 0 Å². The van der Waals surface area contributed by atoms with Crippen LogP contribution in [0.2, 0.25) is 0 Å². The molecule has 3 heterocycles. The van der Waals surface area contributed by atoms with Crippen molar-refractivity contribution >= 4 is 33.7 Å². The van der Waals surface area contributed by atoms with Gasteiger partial charge in [-0.2, -0.15) is 0 Å². The minimum absolute atomic E-state index is 0.253. The molecule has 0 aromatic carbocycles. The smallest absolute Gasteiger partial charge is 0.273 e. The van der Waals surface area contributed by atoms with Crippen LogP contribution in [-0.4, -0.2) is 33.6 Å². The Labute approximate surface area is 117 Å². The monoisotopic (exact) mass is 323 g/mol. The van der Waals surface area contributed by atoms with Crippen molar-refractivity contribution in [1.82, 2.24) is 15.2 Å². The molecule has 2 aliphatic rings. The van der Waals surface area contributed by atoms with E-state index in [0.717, 1.165) is 10.0 Å². The highest BCUT2D eigenvalue weighted by Crippen LogP contribution is 2.27. The molecule has 1 unspecified atom stereocenters. The number of aromatic nitrogens is 1. The summed E-state index contributed by atoms with van der Waals surface area (Å²) in [6.07, 6.45) is 2.18. The standard InChI is InChI=1S/C12H10BrN3O3/c13-7-3-6-5-16(12(19)10(6)14-4-7)8-1-2-9(17)15-11(8)18/h3-4,8H,1-2,5H2,(H,15,17,18). The number of nitrogens with one attached hydrogen (secondary N) is 1. The van der Waals surface area contributed by atoms with E-state index in [2.05, 4.69) is 26.2 Å². The van der Waals surface area contributed by atoms with Gasteiger partial charge in [0.25, 0.3) is 5.91 Å². The Hall–Kier alpha value is -1.76. The summed E-state index contributed by atoms with van der Waals surface area (Å²) >= 11 is 3.30. The van der Waals surface area contributed by atoms with Crippen LogP contribution in [0.1, 0.15) is 28.9 Å². The van der Waals surface area contributed by atoms with Gasteiger partial charge in [0, 0.05) is 29.2 Å². The first-order valence-electron chi connectivity index (χ1n) is 5.85. The second-order valence-corrected chi connectivity index (χ2v) is 5.48. The normalized spacial score (nSPS) is 22.5. The lowest BCUT2D eigenvalue weighted by Crippen LogP contribution is -2.52. The third kappa shape index (κ3) is 2.03. The van der Waals surface area contributed by atoms with Crippen molar-refractivity contribution in [2.45, 2.75) is 25.4 Å². The second kappa shape index (κ2) is 4.41. The van der Waals surface area contributed by atoms with Crippen molar-refractivity contribution in [2.24, 2.45) is 0 Å². The van der Waals surface area contributed by atoms with Crippen LogP contribution in [0.5, 0.6) is 0 Å². The first kappa shape index (κ1) is 12.3. The van der Waals surface area contributed by atoms with Crippen LogP contribution in [0.25, 0.3) is 0 Å². The lowest BCUT2D eigenvalue weighted by atomic mass is 10.0. The van der Waals surface area contributed by atoms with Crippen LogP contribution in [0, 0.1) is 0 Å². The number of pyridine rings is 1. The number of hydrogen-bond donors (Lipinski definition) is 1. The first-order chi connectivity index (χ1) is 9.06. The van der Waals surface area contributed by atoms with E-state index >= 15 is 0 Å². The third-order valence-corrected chi connectivity index (χ3v) is 3.76. The third-order valence-electron chi connectivity index (χ3n) is 3.32. The zero-order valence-corrected chi connectivity index (χ0v) is 11.4. The average molecular weight is 324 g/mol. The molecule has 7 heteroatoms. The largest absolute Gasteiger partial charge is 0.321 e. The Morgan fingerprint density at radius 1 is 1.37 bits per heavy atom. The zero-order chi connectivity index (χ0) is 13.6. The fourth-order valence-electron chi connectivity index (χ4n) is 2.42. The highest BCUT2D eigenvalue weighted by molar-refractivity contribution is 9.10. The summed E-state index contributed by atoms with van der Waals surface area (Å²) in [4.78, 5) is 40.7. The average Bonchev–Trinajstić information content (AvgIpc) is 2.66. The Morgan fingerprint density at radius 2 is 2.16 bits per heavy atom. The summed E-state index contributed by atoms with van der Waals surface area (Å²) in [7, 11) is 0. The SMILES string of the molecule is O=C1CCC(N2Cc3cc(Br)cnc3C2=O)C(=O)N1. The number of halogens is 1. The van der Waals surface area contributed by atoms with Crippen molar-refractivity contribution in [2.75, 3.05) is 0 Å². The Kier molecular flexibility index (Phi) is 2.85. The molecule has 0 aliphatic carbocycles. The van der Waals surface area contributed by atoms with E-state index in [1.54, 1.807) is 6.20 Å². The molecular weight excluding hydrogens is 314 g/mol. The minimum atomic E-state index is -0.585. The minimum Gasteiger partial charge on any atom is -0.321 e. The number of rotatable bonds is 1. The number of nitrogens with zero attached hydrogens (tertiary/aromatic N) is 2. The van der Waals surface area contributed by atoms with E-state index in [-0.39, 0.29) is 18.2 Å². The number of carbonyl (C=O) groups excluding carboxylic acids is 3. The van der Waals surface area contributed by atoms with Crippen molar-refractivity contribution in [3.63, 3.8) is 0 Å². The Morgan fingerprint density at radius 3 is 2.89 bits per heavy atom. The van der Waals surface area contributed by atoms with Gasteiger partial charge in [0.1, 0.15) is 11.7 Å². The van der Waals surface area contributed by atoms with Crippen LogP contribution < -0.4 is 5.32 Å². The molecule has 19 heavy (non-hydrogen) atoms. The maximum atomic E-state index is 12.2. The molecule has 1 fully saturated rings. The number of hydrogen-bond acceptors (Lipinski definition) is 4. The topological polar surface area (TPSA) is 79.4 Å². The van der Waals surface area contributed by atoms with E-state index < -0.39 is 11.9 Å². The number of piperidine rings is 1. The van der Waals surface area contributed by atoms with Gasteiger partial charge in [-0.25, -0.2) is 4.98 Å². The maximum Gasteiger partial charge on any atom is 0.273 e. The van der Waals surface area contributed by atoms with Gasteiger partial charge in [-0.05, 0) is 28.4 Å². The van der Waals surface area contributed by atoms with Crippen LogP contribution in [0.4, 0.5) is 0 Å². The summed E-state index contributed by atoms with van der Waals surface area (Å²) in [5, 5.41) is 2.26. The molecule has 3 rings (SSSR count). The van der Waals surface area contributed by atoms with Crippen molar-refractivity contribution < 1.29 is 14.4 Å². The van der Waals surface area contributed by atoms with Crippen molar-refractivity contribution in [3.8, 4) is 0 Å². The van der Waals surface area contributed by atoms with Gasteiger partial charge < -0.3 is 4.90 Å². The molecule has 2 aliphatic heterocycles. The van der Waals surface area contributed by atoms with Gasteiger partial charge in [0.15, 0.2) is 0 Å². The van der Waals surface area contributed by atoms with E-state index in [0.29, 0.717) is 18.7 Å². The van der Waals surface area contributed by atoms with E-state index in [9.17, 15) is 14.4 Å². The zero-order valence-electron chi connectivity index (χ0n) is 9.85. The molecule has 0 saturated carbocycles. The molecule has 0 radical (unpaired) electrons. The van der Waals surface area contributed by atoms with Crippen molar-refractivity contribution in [1.29, 1.82) is 0 Å². The number of carbonyl (C=O) groups is 3. The molecule has 1 N–H and O–H groups in total. The fourth-order valence-corrected chi connectivity index (χ4v) is 2.80. The van der Waals surface area contributed by atoms with Gasteiger partial charge in [0.05, 0.1) is 0 Å². The quantitative estimate of drug-likeness (QED) is 0.768. The fraction of sp³-hybridized carbons (Fsp3) is 0.333. The summed E-state index contributed by atoms with van der Waals surface area (Å²) < 4.78 is 0.796. The number of fused-ring (bicyclic) bond motifs is 1. The molecular formula is C12H10BrN3O3. The van der Waals surface area contributed by atoms with Gasteiger partial charge in [-0.15, -0.1) is 0 Å². The maximum absolute atomic E-state index is 12.2. The number of imide groups is 1. The Balaban J connectivity index is 1.87. The summed E-state index contributed by atoms with van der Waals surface area (Å²) in [5.74, 6) is -0.945. The molecule has 1 aromatic heterocycles. The second-order valence-electron chi connectivity index (χ2n) is 4.56. The molecule has 0 bridgehead atoms. The predicted molar refractivity (Wildman–Crippen MR) is 68.0 cm³/mol. The van der Waals surface area contributed by atoms with E-state index in [1.807, 2.05) is 6.07 Å². The predicted octanol–water partition coefficient (Wildman–Crippen LogP) is 0.605. The summed E-state index contributed by atoms with van der Waals surface area (Å²) in [6, 6.07) is 1.24. The van der Waals surface area contributed by atoms with Crippen LogP contribution >= 0.6 is 15.9 Å². The van der Waals surface area contributed by atoms with Gasteiger partial charge >= 0.3 is 0 Å². The summed E-state index contributed by atoms with van der Waals surface area (Å²) in [6.45, 7) is 0.354. The lowest BCUT2D eigenvalue weighted by molar-refractivity contribution is -0.136. The highest BCUT2D eigenvalue weighted by Gasteiger charge is 2.39. The molecule has 0 spiro atoms. The summed E-state index contributed by atoms with van der Waals surface area (Å²) in [5.41, 5.74) is 1.18. The van der Waals surface area contributed by atoms with Gasteiger partial charge in [-0.1, -0.05) is 0 Å². The van der Waals surface area contributed by atoms with Crippen molar-refractivity contribution in [3.05, 3.63) is 28.0 Å². The molecule has 1 saturated heterocycles. The van der Waals surface area contributed by atoms with Gasteiger partial charge in [0.2, 0.25) is 11.8 Å². The Bertz CT molecular complexity index is 602. The van der Waals surface area contributed by atoms with Gasteiger partial charge in [-0.3, -0.25) is 19.7 Å². The molecule has 6 nitrogen and oxygen atoms in total. The molecule has 3 amide bonds. The molecule has 1 aromatic rings. The van der Waals surface area contributed by atoms with E-state index in [1.165, 1.54) is 4.90 Å².